The molecule has 9 nitrogen and oxygen atoms in total. The first-order chi connectivity index (χ1) is 18.6. The van der Waals surface area contributed by atoms with Crippen LogP contribution in [-0.4, -0.2) is 40.1 Å². The number of alkyl carbamates (subject to hydrolysis) is 1. The van der Waals surface area contributed by atoms with E-state index in [9.17, 15) is 14.4 Å². The van der Waals surface area contributed by atoms with Crippen LogP contribution in [0.1, 0.15) is 71.4 Å². The third kappa shape index (κ3) is 7.10. The lowest BCUT2D eigenvalue weighted by atomic mass is 9.65. The van der Waals surface area contributed by atoms with Crippen molar-refractivity contribution >= 4 is 17.8 Å². The Balaban J connectivity index is 2.03. The minimum Gasteiger partial charge on any atom is -0.450 e. The topological polar surface area (TPSA) is 123 Å². The number of aromatic nitrogens is 2. The number of benzene rings is 2. The van der Waals surface area contributed by atoms with Crippen LogP contribution in [0, 0.1) is 5.41 Å². The summed E-state index contributed by atoms with van der Waals surface area (Å²) in [6, 6.07) is 18.1. The van der Waals surface area contributed by atoms with Crippen LogP contribution in [0.4, 0.5) is 4.79 Å². The predicted molar refractivity (Wildman–Crippen MR) is 148 cm³/mol. The van der Waals surface area contributed by atoms with Gasteiger partial charge in [-0.25, -0.2) is 4.79 Å². The van der Waals surface area contributed by atoms with Crippen LogP contribution in [0.25, 0.3) is 11.5 Å². The number of Topliss-reactive ketones (excluding diaryl/α,β-unsaturated/α-hetero) is 1. The normalized spacial score (nSPS) is 13.7. The molecule has 208 valence electrons. The van der Waals surface area contributed by atoms with E-state index in [0.717, 1.165) is 5.56 Å². The summed E-state index contributed by atoms with van der Waals surface area (Å²) in [5.74, 6) is -1.24. The van der Waals surface area contributed by atoms with Crippen molar-refractivity contribution < 1.29 is 23.5 Å². The number of carbonyl (C=O) groups excluding carboxylic acids is 3. The largest absolute Gasteiger partial charge is 0.450 e. The van der Waals surface area contributed by atoms with Crippen molar-refractivity contribution in [3.8, 4) is 11.5 Å². The maximum absolute atomic E-state index is 14.2. The van der Waals surface area contributed by atoms with Crippen molar-refractivity contribution in [1.82, 2.24) is 20.8 Å². The summed E-state index contributed by atoms with van der Waals surface area (Å²) in [4.78, 5) is 40.7. The van der Waals surface area contributed by atoms with Gasteiger partial charge >= 0.3 is 6.09 Å². The van der Waals surface area contributed by atoms with Crippen molar-refractivity contribution in [2.75, 3.05) is 6.61 Å². The van der Waals surface area contributed by atoms with Gasteiger partial charge in [-0.05, 0) is 42.9 Å². The Kier molecular flexibility index (Phi) is 9.98. The molecule has 39 heavy (non-hydrogen) atoms. The highest BCUT2D eigenvalue weighted by molar-refractivity contribution is 6.40. The molecule has 2 atom stereocenters. The lowest BCUT2D eigenvalue weighted by Gasteiger charge is -2.44. The molecule has 1 aromatic heterocycles. The maximum Gasteiger partial charge on any atom is 0.407 e. The molecule has 9 heteroatoms. The van der Waals surface area contributed by atoms with Gasteiger partial charge in [-0.2, -0.15) is 0 Å². The Morgan fingerprint density at radius 1 is 0.949 bits per heavy atom. The first kappa shape index (κ1) is 29.5. The van der Waals surface area contributed by atoms with Gasteiger partial charge < -0.3 is 19.8 Å². The SMILES string of the molecule is CCCOC(=O)N[C@](Cc1nnc(-c2ccccc2)o1)(C(=O)C(=O)N[C@H](C)c1ccccc1)C(C)(C)CCC. The summed E-state index contributed by atoms with van der Waals surface area (Å²) < 4.78 is 11.3. The Morgan fingerprint density at radius 3 is 2.21 bits per heavy atom. The third-order valence-corrected chi connectivity index (χ3v) is 6.93. The highest BCUT2D eigenvalue weighted by Gasteiger charge is 2.55. The van der Waals surface area contributed by atoms with E-state index >= 15 is 0 Å². The fourth-order valence-corrected chi connectivity index (χ4v) is 4.67. The molecule has 0 aliphatic heterocycles. The van der Waals surface area contributed by atoms with E-state index in [4.69, 9.17) is 9.15 Å². The average Bonchev–Trinajstić information content (AvgIpc) is 3.40. The summed E-state index contributed by atoms with van der Waals surface area (Å²) in [7, 11) is 0. The number of amides is 2. The van der Waals surface area contributed by atoms with Crippen LogP contribution in [0.15, 0.2) is 65.1 Å². The van der Waals surface area contributed by atoms with Crippen LogP contribution in [0.2, 0.25) is 0 Å². The summed E-state index contributed by atoms with van der Waals surface area (Å²) in [6.45, 7) is 9.50. The van der Waals surface area contributed by atoms with Gasteiger partial charge in [0.05, 0.1) is 19.1 Å². The van der Waals surface area contributed by atoms with Gasteiger partial charge in [-0.15, -0.1) is 10.2 Å². The van der Waals surface area contributed by atoms with Gasteiger partial charge in [0.2, 0.25) is 17.6 Å². The quantitative estimate of drug-likeness (QED) is 0.280. The third-order valence-electron chi connectivity index (χ3n) is 6.93. The lowest BCUT2D eigenvalue weighted by Crippen LogP contribution is -2.67. The van der Waals surface area contributed by atoms with Gasteiger partial charge in [0.15, 0.2) is 0 Å². The lowest BCUT2D eigenvalue weighted by molar-refractivity contribution is -0.145. The molecule has 0 fully saturated rings. The van der Waals surface area contributed by atoms with E-state index in [-0.39, 0.29) is 24.8 Å². The van der Waals surface area contributed by atoms with Crippen molar-refractivity contribution in [2.24, 2.45) is 5.41 Å². The Morgan fingerprint density at radius 2 is 1.59 bits per heavy atom. The Bertz CT molecular complexity index is 1240. The molecule has 3 aromatic rings. The van der Waals surface area contributed by atoms with Crippen LogP contribution < -0.4 is 10.6 Å². The molecule has 3 rings (SSSR count). The molecule has 0 aliphatic carbocycles. The fraction of sp³-hybridized carbons (Fsp3) is 0.433. The van der Waals surface area contributed by atoms with E-state index < -0.39 is 34.8 Å². The number of rotatable bonds is 13. The van der Waals surface area contributed by atoms with Gasteiger partial charge in [-0.1, -0.05) is 82.6 Å². The zero-order chi connectivity index (χ0) is 28.5. The van der Waals surface area contributed by atoms with Crippen molar-refractivity contribution in [3.63, 3.8) is 0 Å². The Hall–Kier alpha value is -4.01. The second-order valence-corrected chi connectivity index (χ2v) is 10.3. The molecule has 0 aliphatic rings. The summed E-state index contributed by atoms with van der Waals surface area (Å²) in [5, 5.41) is 13.9. The first-order valence-corrected chi connectivity index (χ1v) is 13.4. The van der Waals surface area contributed by atoms with Gasteiger partial charge in [0.1, 0.15) is 5.54 Å². The standard InChI is InChI=1S/C30H38N4O5/c1-6-18-29(4,5)30(32-28(37)38-19-7-2,20-24-33-34-27(39-24)23-16-12-9-13-17-23)25(35)26(36)31-21(3)22-14-10-8-11-15-22/h8-17,21H,6-7,18-20H2,1-5H3,(H,31,36)(H,32,37)/t21-,30-/m1/s1. The summed E-state index contributed by atoms with van der Waals surface area (Å²) >= 11 is 0. The number of hydrogen-bond acceptors (Lipinski definition) is 7. The molecular formula is C30H38N4O5. The van der Waals surface area contributed by atoms with Gasteiger partial charge in [0, 0.05) is 5.56 Å². The molecule has 0 saturated heterocycles. The number of nitrogens with one attached hydrogen (secondary N) is 2. The van der Waals surface area contributed by atoms with Crippen LogP contribution in [-0.2, 0) is 20.7 Å². The average molecular weight is 535 g/mol. The highest BCUT2D eigenvalue weighted by Crippen LogP contribution is 2.39. The smallest absolute Gasteiger partial charge is 0.407 e. The van der Waals surface area contributed by atoms with Crippen molar-refractivity contribution in [2.45, 2.75) is 71.9 Å². The molecular weight excluding hydrogens is 496 g/mol. The molecule has 2 N–H and O–H groups in total. The summed E-state index contributed by atoms with van der Waals surface area (Å²) in [5.41, 5.74) is -1.06. The number of ketones is 1. The molecule has 1 heterocycles. The summed E-state index contributed by atoms with van der Waals surface area (Å²) in [6.07, 6.45) is 0.850. The molecule has 0 saturated carbocycles. The van der Waals surface area contributed by atoms with E-state index in [1.54, 1.807) is 6.92 Å². The molecule has 0 bridgehead atoms. The minimum absolute atomic E-state index is 0.117. The highest BCUT2D eigenvalue weighted by atomic mass is 16.5. The van der Waals surface area contributed by atoms with Crippen molar-refractivity contribution in [3.05, 3.63) is 72.1 Å². The predicted octanol–water partition coefficient (Wildman–Crippen LogP) is 5.43. The fourth-order valence-electron chi connectivity index (χ4n) is 4.67. The van der Waals surface area contributed by atoms with Crippen molar-refractivity contribution in [1.29, 1.82) is 0 Å². The molecule has 0 spiro atoms. The van der Waals surface area contributed by atoms with E-state index in [1.165, 1.54) is 0 Å². The maximum atomic E-state index is 14.2. The number of hydrogen-bond donors (Lipinski definition) is 2. The Labute approximate surface area is 229 Å². The molecule has 0 unspecified atom stereocenters. The van der Waals surface area contributed by atoms with E-state index in [1.807, 2.05) is 88.4 Å². The number of nitrogens with zero attached hydrogens (tertiary/aromatic N) is 2. The molecule has 2 amide bonds. The zero-order valence-corrected chi connectivity index (χ0v) is 23.3. The number of carbonyl (C=O) groups is 3. The van der Waals surface area contributed by atoms with Gasteiger partial charge in [-0.3, -0.25) is 9.59 Å². The second kappa shape index (κ2) is 13.2. The van der Waals surface area contributed by atoms with Crippen LogP contribution in [0.5, 0.6) is 0 Å². The van der Waals surface area contributed by atoms with E-state index in [0.29, 0.717) is 24.8 Å². The minimum atomic E-state index is -1.73. The zero-order valence-electron chi connectivity index (χ0n) is 23.3. The second-order valence-electron chi connectivity index (χ2n) is 10.3. The van der Waals surface area contributed by atoms with E-state index in [2.05, 4.69) is 20.8 Å². The van der Waals surface area contributed by atoms with Gasteiger partial charge in [0.25, 0.3) is 5.91 Å². The first-order valence-electron chi connectivity index (χ1n) is 13.4. The molecule has 0 radical (unpaired) electrons. The molecule has 2 aromatic carbocycles. The monoisotopic (exact) mass is 534 g/mol. The van der Waals surface area contributed by atoms with Crippen LogP contribution >= 0.6 is 0 Å². The number of ether oxygens (including phenoxy) is 1. The van der Waals surface area contributed by atoms with Crippen LogP contribution in [0.3, 0.4) is 0 Å².